The summed E-state index contributed by atoms with van der Waals surface area (Å²) in [6, 6.07) is 0. The summed E-state index contributed by atoms with van der Waals surface area (Å²) in [4.78, 5) is 3.64. The van der Waals surface area contributed by atoms with Gasteiger partial charge in [-0.3, -0.25) is 4.99 Å². The summed E-state index contributed by atoms with van der Waals surface area (Å²) in [6.07, 6.45) is -1.21. The Morgan fingerprint density at radius 1 is 1.31 bits per heavy atom. The molecule has 0 aromatic heterocycles. The van der Waals surface area contributed by atoms with Gasteiger partial charge in [0.15, 0.2) is 0 Å². The highest BCUT2D eigenvalue weighted by Crippen LogP contribution is 2.31. The van der Waals surface area contributed by atoms with Crippen LogP contribution in [0.3, 0.4) is 0 Å². The Bertz CT molecular complexity index is 249. The Hall–Kier alpha value is -1.06. The van der Waals surface area contributed by atoms with Gasteiger partial charge in [-0.1, -0.05) is 39.8 Å². The van der Waals surface area contributed by atoms with Gasteiger partial charge in [-0.05, 0) is 13.3 Å². The Balaban J connectivity index is 0. The van der Waals surface area contributed by atoms with Crippen LogP contribution >= 0.6 is 0 Å². The van der Waals surface area contributed by atoms with Crippen LogP contribution in [0, 0.1) is 0 Å². The molecule has 94 valence electrons. The second kappa shape index (κ2) is 9.19. The highest BCUT2D eigenvalue weighted by Gasteiger charge is 2.34. The average Bonchev–Trinajstić information content (AvgIpc) is 2.23. The van der Waals surface area contributed by atoms with Gasteiger partial charge in [-0.2, -0.15) is 13.2 Å². The lowest BCUT2D eigenvalue weighted by Crippen LogP contribution is -2.13. The van der Waals surface area contributed by atoms with Gasteiger partial charge >= 0.3 is 6.18 Å². The van der Waals surface area contributed by atoms with Crippen LogP contribution in [0.1, 0.15) is 40.5 Å². The lowest BCUT2D eigenvalue weighted by Gasteiger charge is -2.12. The van der Waals surface area contributed by atoms with Gasteiger partial charge in [0.25, 0.3) is 0 Å². The third-order valence-corrected chi connectivity index (χ3v) is 1.65. The first-order chi connectivity index (χ1) is 7.43. The van der Waals surface area contributed by atoms with E-state index in [9.17, 15) is 13.2 Å². The maximum absolute atomic E-state index is 12.4. The fourth-order valence-corrected chi connectivity index (χ4v) is 1.02. The number of halogens is 3. The van der Waals surface area contributed by atoms with Gasteiger partial charge in [-0.25, -0.2) is 0 Å². The first-order valence-corrected chi connectivity index (χ1v) is 5.35. The Labute approximate surface area is 95.8 Å². The first kappa shape index (κ1) is 17.3. The Morgan fingerprint density at radius 3 is 2.12 bits per heavy atom. The van der Waals surface area contributed by atoms with Crippen molar-refractivity contribution in [3.05, 3.63) is 23.9 Å². The molecule has 1 nitrogen and oxygen atoms in total. The summed E-state index contributed by atoms with van der Waals surface area (Å²) in [5.41, 5.74) is -0.544. The van der Waals surface area contributed by atoms with Gasteiger partial charge < -0.3 is 0 Å². The van der Waals surface area contributed by atoms with Crippen LogP contribution in [0.2, 0.25) is 0 Å². The van der Waals surface area contributed by atoms with Gasteiger partial charge in [0.2, 0.25) is 0 Å². The van der Waals surface area contributed by atoms with Crippen molar-refractivity contribution >= 4 is 6.21 Å². The van der Waals surface area contributed by atoms with E-state index in [1.807, 2.05) is 13.8 Å². The molecule has 0 aliphatic rings. The van der Waals surface area contributed by atoms with Crippen molar-refractivity contribution in [3.8, 4) is 0 Å². The summed E-state index contributed by atoms with van der Waals surface area (Å²) in [6.45, 7) is 10.4. The maximum Gasteiger partial charge on any atom is 0.414 e. The minimum atomic E-state index is -4.28. The van der Waals surface area contributed by atoms with Crippen LogP contribution in [0.15, 0.2) is 28.9 Å². The van der Waals surface area contributed by atoms with Crippen molar-refractivity contribution in [3.63, 3.8) is 0 Å². The van der Waals surface area contributed by atoms with Crippen LogP contribution in [-0.2, 0) is 0 Å². The van der Waals surface area contributed by atoms with Gasteiger partial charge in [0.05, 0.1) is 5.57 Å². The maximum atomic E-state index is 12.4. The molecule has 0 fully saturated rings. The van der Waals surface area contributed by atoms with Crippen molar-refractivity contribution in [2.45, 2.75) is 46.7 Å². The number of rotatable bonds is 4. The lowest BCUT2D eigenvalue weighted by molar-refractivity contribution is -0.0949. The molecule has 4 heteroatoms. The summed E-state index contributed by atoms with van der Waals surface area (Å²) in [7, 11) is 0. The summed E-state index contributed by atoms with van der Waals surface area (Å²) in [5.74, 6) is 0. The smallest absolute Gasteiger partial charge is 0.261 e. The highest BCUT2D eigenvalue weighted by molar-refractivity contribution is 5.71. The lowest BCUT2D eigenvalue weighted by atomic mass is 10.1. The SMILES string of the molecule is C=CC=N/C(C)=C(\CCC)C(F)(F)F.CC. The Kier molecular flexibility index (Phi) is 9.96. The van der Waals surface area contributed by atoms with E-state index >= 15 is 0 Å². The number of alkyl halides is 3. The zero-order valence-corrected chi connectivity index (χ0v) is 10.4. The topological polar surface area (TPSA) is 12.4 Å². The molecule has 0 rings (SSSR count). The fraction of sp³-hybridized carbons (Fsp3) is 0.583. The minimum absolute atomic E-state index is 0.00379. The van der Waals surface area contributed by atoms with E-state index in [1.54, 1.807) is 6.92 Å². The molecular formula is C12H20F3N. The monoisotopic (exact) mass is 235 g/mol. The number of hydrogen-bond donors (Lipinski definition) is 0. The Morgan fingerprint density at radius 2 is 1.81 bits per heavy atom. The van der Waals surface area contributed by atoms with E-state index in [4.69, 9.17) is 0 Å². The van der Waals surface area contributed by atoms with E-state index in [2.05, 4.69) is 11.6 Å². The van der Waals surface area contributed by atoms with Crippen molar-refractivity contribution in [1.29, 1.82) is 0 Å². The fourth-order valence-electron chi connectivity index (χ4n) is 1.02. The molecule has 0 aliphatic heterocycles. The minimum Gasteiger partial charge on any atom is -0.261 e. The first-order valence-electron chi connectivity index (χ1n) is 5.35. The standard InChI is InChI=1S/C10H14F3N.C2H6/c1-4-6-9(10(11,12)13)8(3)14-7-5-2;1-2/h5,7H,2,4,6H2,1,3H3;1-2H3/b9-8+,14-7?;. The summed E-state index contributed by atoms with van der Waals surface area (Å²) in [5, 5.41) is 0. The van der Waals surface area contributed by atoms with Gasteiger partial charge in [-0.15, -0.1) is 0 Å². The molecule has 0 aliphatic carbocycles. The normalized spacial score (nSPS) is 12.9. The molecule has 0 saturated carbocycles. The number of aliphatic imine (C=N–C) groups is 1. The van der Waals surface area contributed by atoms with Crippen molar-refractivity contribution in [2.24, 2.45) is 4.99 Å². The van der Waals surface area contributed by atoms with Crippen LogP contribution in [0.5, 0.6) is 0 Å². The van der Waals surface area contributed by atoms with E-state index in [0.29, 0.717) is 6.42 Å². The van der Waals surface area contributed by atoms with E-state index < -0.39 is 11.7 Å². The predicted octanol–water partition coefficient (Wildman–Crippen LogP) is 4.91. The molecular weight excluding hydrogens is 215 g/mol. The molecule has 0 spiro atoms. The molecule has 0 amide bonds. The largest absolute Gasteiger partial charge is 0.414 e. The third kappa shape index (κ3) is 7.26. The predicted molar refractivity (Wildman–Crippen MR) is 63.7 cm³/mol. The van der Waals surface area contributed by atoms with E-state index in [0.717, 1.165) is 0 Å². The molecule has 0 radical (unpaired) electrons. The van der Waals surface area contributed by atoms with E-state index in [-0.39, 0.29) is 12.1 Å². The molecule has 0 N–H and O–H groups in total. The molecule has 0 aromatic rings. The molecule has 0 bridgehead atoms. The zero-order chi connectivity index (χ0) is 13.2. The molecule has 0 saturated heterocycles. The van der Waals surface area contributed by atoms with Gasteiger partial charge in [0, 0.05) is 11.9 Å². The van der Waals surface area contributed by atoms with Crippen LogP contribution in [0.4, 0.5) is 13.2 Å². The number of nitrogens with zero attached hydrogens (tertiary/aromatic N) is 1. The van der Waals surface area contributed by atoms with Crippen molar-refractivity contribution in [2.75, 3.05) is 0 Å². The second-order valence-electron chi connectivity index (χ2n) is 2.83. The summed E-state index contributed by atoms with van der Waals surface area (Å²) < 4.78 is 37.3. The zero-order valence-electron chi connectivity index (χ0n) is 10.4. The molecule has 0 aromatic carbocycles. The van der Waals surface area contributed by atoms with E-state index in [1.165, 1.54) is 19.2 Å². The quantitative estimate of drug-likeness (QED) is 0.614. The van der Waals surface area contributed by atoms with Crippen molar-refractivity contribution in [1.82, 2.24) is 0 Å². The van der Waals surface area contributed by atoms with Crippen LogP contribution in [0.25, 0.3) is 0 Å². The second-order valence-corrected chi connectivity index (χ2v) is 2.83. The molecule has 0 heterocycles. The number of allylic oxidation sites excluding steroid dienone is 3. The molecule has 0 unspecified atom stereocenters. The highest BCUT2D eigenvalue weighted by atomic mass is 19.4. The van der Waals surface area contributed by atoms with Gasteiger partial charge in [0.1, 0.15) is 0 Å². The van der Waals surface area contributed by atoms with Crippen LogP contribution < -0.4 is 0 Å². The summed E-state index contributed by atoms with van der Waals surface area (Å²) >= 11 is 0. The average molecular weight is 235 g/mol. The molecule has 16 heavy (non-hydrogen) atoms. The number of hydrogen-bond acceptors (Lipinski definition) is 1. The third-order valence-electron chi connectivity index (χ3n) is 1.65. The van der Waals surface area contributed by atoms with Crippen molar-refractivity contribution < 1.29 is 13.2 Å². The molecule has 0 atom stereocenters. The van der Waals surface area contributed by atoms with Crippen LogP contribution in [-0.4, -0.2) is 12.4 Å².